The summed E-state index contributed by atoms with van der Waals surface area (Å²) >= 11 is 0. The third-order valence-electron chi connectivity index (χ3n) is 2.98. The Bertz CT molecular complexity index is 303. The number of aliphatic hydroxyl groups is 1. The average Bonchev–Trinajstić information content (AvgIpc) is 2.59. The lowest BCUT2D eigenvalue weighted by molar-refractivity contribution is -0.150. The van der Waals surface area contributed by atoms with Crippen molar-refractivity contribution < 1.29 is 19.8 Å². The van der Waals surface area contributed by atoms with E-state index >= 15 is 0 Å². The van der Waals surface area contributed by atoms with Gasteiger partial charge < -0.3 is 20.4 Å². The van der Waals surface area contributed by atoms with Crippen LogP contribution >= 0.6 is 0 Å². The molecule has 1 fully saturated rings. The van der Waals surface area contributed by atoms with Gasteiger partial charge in [-0.3, -0.25) is 4.79 Å². The molecular weight excluding hydrogens is 212 g/mol. The number of likely N-dealkylation sites (tertiary alicyclic amines) is 1. The summed E-state index contributed by atoms with van der Waals surface area (Å²) in [6.45, 7) is 3.44. The maximum absolute atomic E-state index is 12.0. The largest absolute Gasteiger partial charge is 0.480 e. The summed E-state index contributed by atoms with van der Waals surface area (Å²) in [6.07, 6.45) is -0.654. The molecule has 0 aromatic carbocycles. The van der Waals surface area contributed by atoms with Crippen molar-refractivity contribution in [3.8, 4) is 0 Å². The second-order valence-electron chi connectivity index (χ2n) is 4.58. The highest BCUT2D eigenvalue weighted by atomic mass is 16.4. The van der Waals surface area contributed by atoms with Gasteiger partial charge in [-0.25, -0.2) is 4.79 Å². The first-order chi connectivity index (χ1) is 7.29. The standard InChI is InChI=1S/C10H18N2O4/c1-10(2,11-3)9(16)12-5-6(13)4-7(12)8(14)15/h6-7,11,13H,4-5H2,1-3H3,(H,14,15)/t6?,7-/m0/s1. The molecule has 6 heteroatoms. The molecule has 0 aromatic rings. The number of rotatable bonds is 3. The Morgan fingerprint density at radius 3 is 2.44 bits per heavy atom. The molecule has 1 rings (SSSR count). The van der Waals surface area contributed by atoms with Crippen LogP contribution in [0.2, 0.25) is 0 Å². The van der Waals surface area contributed by atoms with E-state index in [4.69, 9.17) is 5.11 Å². The van der Waals surface area contributed by atoms with Crippen LogP contribution in [0.15, 0.2) is 0 Å². The van der Waals surface area contributed by atoms with Crippen LogP contribution in [-0.2, 0) is 9.59 Å². The number of β-amino-alcohol motifs (C(OH)–C–C–N with tert-alkyl or cyclic N) is 1. The Morgan fingerprint density at radius 1 is 1.44 bits per heavy atom. The van der Waals surface area contributed by atoms with E-state index in [-0.39, 0.29) is 18.9 Å². The Morgan fingerprint density at radius 2 is 2.00 bits per heavy atom. The maximum Gasteiger partial charge on any atom is 0.326 e. The fraction of sp³-hybridized carbons (Fsp3) is 0.800. The van der Waals surface area contributed by atoms with Gasteiger partial charge in [-0.15, -0.1) is 0 Å². The van der Waals surface area contributed by atoms with E-state index in [1.807, 2.05) is 0 Å². The Balaban J connectivity index is 2.86. The van der Waals surface area contributed by atoms with E-state index in [1.165, 1.54) is 4.90 Å². The molecule has 0 bridgehead atoms. The van der Waals surface area contributed by atoms with Gasteiger partial charge in [-0.05, 0) is 20.9 Å². The normalized spacial score (nSPS) is 25.9. The molecule has 1 amide bonds. The molecule has 1 heterocycles. The van der Waals surface area contributed by atoms with Crippen LogP contribution in [0.5, 0.6) is 0 Å². The van der Waals surface area contributed by atoms with Gasteiger partial charge in [-0.1, -0.05) is 0 Å². The highest BCUT2D eigenvalue weighted by Gasteiger charge is 2.43. The second kappa shape index (κ2) is 4.39. The van der Waals surface area contributed by atoms with Crippen molar-refractivity contribution in [3.05, 3.63) is 0 Å². The minimum Gasteiger partial charge on any atom is -0.480 e. The summed E-state index contributed by atoms with van der Waals surface area (Å²) in [5.74, 6) is -1.38. The Labute approximate surface area is 94.2 Å². The summed E-state index contributed by atoms with van der Waals surface area (Å²) in [5.41, 5.74) is -0.822. The van der Waals surface area contributed by atoms with E-state index in [0.29, 0.717) is 0 Å². The number of hydrogen-bond acceptors (Lipinski definition) is 4. The lowest BCUT2D eigenvalue weighted by Crippen LogP contribution is -2.55. The molecular formula is C10H18N2O4. The zero-order valence-electron chi connectivity index (χ0n) is 9.73. The quantitative estimate of drug-likeness (QED) is 0.580. The molecule has 0 spiro atoms. The number of nitrogens with zero attached hydrogens (tertiary/aromatic N) is 1. The van der Waals surface area contributed by atoms with Gasteiger partial charge in [0.2, 0.25) is 5.91 Å². The Kier molecular flexibility index (Phi) is 3.54. The van der Waals surface area contributed by atoms with E-state index in [0.717, 1.165) is 0 Å². The molecule has 1 saturated heterocycles. The number of carboxylic acid groups (broad SMARTS) is 1. The Hall–Kier alpha value is -1.14. The third-order valence-corrected chi connectivity index (χ3v) is 2.98. The number of aliphatic hydroxyl groups excluding tert-OH is 1. The summed E-state index contributed by atoms with van der Waals surface area (Å²) in [5, 5.41) is 21.2. The first kappa shape index (κ1) is 12.9. The minimum absolute atomic E-state index is 0.0842. The van der Waals surface area contributed by atoms with Gasteiger partial charge in [0.05, 0.1) is 11.6 Å². The van der Waals surface area contributed by atoms with Gasteiger partial charge in [0.1, 0.15) is 6.04 Å². The van der Waals surface area contributed by atoms with Crippen LogP contribution in [0.3, 0.4) is 0 Å². The van der Waals surface area contributed by atoms with Crippen molar-refractivity contribution in [2.75, 3.05) is 13.6 Å². The molecule has 1 unspecified atom stereocenters. The summed E-state index contributed by atoms with van der Waals surface area (Å²) in [4.78, 5) is 24.2. The van der Waals surface area contributed by atoms with Crippen LogP contribution in [0, 0.1) is 0 Å². The van der Waals surface area contributed by atoms with Crippen LogP contribution in [0.1, 0.15) is 20.3 Å². The van der Waals surface area contributed by atoms with Gasteiger partial charge in [0.15, 0.2) is 0 Å². The summed E-state index contributed by atoms with van der Waals surface area (Å²) in [7, 11) is 1.64. The van der Waals surface area contributed by atoms with Crippen molar-refractivity contribution in [3.63, 3.8) is 0 Å². The van der Waals surface area contributed by atoms with Gasteiger partial charge >= 0.3 is 5.97 Å². The van der Waals surface area contributed by atoms with Crippen LogP contribution in [-0.4, -0.2) is 58.3 Å². The molecule has 1 aliphatic heterocycles. The first-order valence-corrected chi connectivity index (χ1v) is 5.20. The number of nitrogens with one attached hydrogen (secondary N) is 1. The number of aliphatic carboxylic acids is 1. The van der Waals surface area contributed by atoms with E-state index in [1.54, 1.807) is 20.9 Å². The molecule has 0 radical (unpaired) electrons. The molecule has 1 aliphatic rings. The van der Waals surface area contributed by atoms with Crippen LogP contribution in [0.4, 0.5) is 0 Å². The summed E-state index contributed by atoms with van der Waals surface area (Å²) in [6, 6.07) is -0.921. The second-order valence-corrected chi connectivity index (χ2v) is 4.58. The van der Waals surface area contributed by atoms with Crippen molar-refractivity contribution in [2.24, 2.45) is 0 Å². The average molecular weight is 230 g/mol. The highest BCUT2D eigenvalue weighted by Crippen LogP contribution is 2.21. The lowest BCUT2D eigenvalue weighted by Gasteiger charge is -2.31. The van der Waals surface area contributed by atoms with Crippen LogP contribution in [0.25, 0.3) is 0 Å². The molecule has 3 N–H and O–H groups in total. The van der Waals surface area contributed by atoms with Gasteiger partial charge in [0, 0.05) is 13.0 Å². The van der Waals surface area contributed by atoms with E-state index < -0.39 is 23.7 Å². The van der Waals surface area contributed by atoms with E-state index in [2.05, 4.69) is 5.32 Å². The first-order valence-electron chi connectivity index (χ1n) is 5.20. The topological polar surface area (TPSA) is 89.9 Å². The number of hydrogen-bond donors (Lipinski definition) is 3. The minimum atomic E-state index is -1.07. The predicted octanol–water partition coefficient (Wildman–Crippen LogP) is -0.969. The zero-order chi connectivity index (χ0) is 12.5. The van der Waals surface area contributed by atoms with Crippen molar-refractivity contribution in [1.82, 2.24) is 10.2 Å². The summed E-state index contributed by atoms with van der Waals surface area (Å²) < 4.78 is 0. The predicted molar refractivity (Wildman–Crippen MR) is 56.9 cm³/mol. The van der Waals surface area contributed by atoms with Crippen molar-refractivity contribution in [1.29, 1.82) is 0 Å². The number of carboxylic acids is 1. The molecule has 0 aliphatic carbocycles. The molecule has 16 heavy (non-hydrogen) atoms. The fourth-order valence-electron chi connectivity index (χ4n) is 1.74. The number of likely N-dealkylation sites (N-methyl/N-ethyl adjacent to an activating group) is 1. The van der Waals surface area contributed by atoms with Crippen molar-refractivity contribution in [2.45, 2.75) is 38.0 Å². The molecule has 0 aromatic heterocycles. The highest BCUT2D eigenvalue weighted by molar-refractivity contribution is 5.90. The molecule has 0 saturated carbocycles. The van der Waals surface area contributed by atoms with Crippen LogP contribution < -0.4 is 5.32 Å². The smallest absolute Gasteiger partial charge is 0.326 e. The monoisotopic (exact) mass is 230 g/mol. The lowest BCUT2D eigenvalue weighted by atomic mass is 10.0. The third kappa shape index (κ3) is 2.33. The SMILES string of the molecule is CNC(C)(C)C(=O)N1CC(O)C[C@H]1C(=O)O. The number of amides is 1. The van der Waals surface area contributed by atoms with Gasteiger partial charge in [-0.2, -0.15) is 0 Å². The van der Waals surface area contributed by atoms with E-state index in [9.17, 15) is 14.7 Å². The molecule has 6 nitrogen and oxygen atoms in total. The zero-order valence-corrected chi connectivity index (χ0v) is 9.73. The number of carbonyl (C=O) groups excluding carboxylic acids is 1. The van der Waals surface area contributed by atoms with Crippen molar-refractivity contribution >= 4 is 11.9 Å². The molecule has 92 valence electrons. The maximum atomic E-state index is 12.0. The molecule has 2 atom stereocenters. The number of carbonyl (C=O) groups is 2. The fourth-order valence-corrected chi connectivity index (χ4v) is 1.74. The van der Waals surface area contributed by atoms with Gasteiger partial charge in [0.25, 0.3) is 0 Å².